The van der Waals surface area contributed by atoms with Gasteiger partial charge >= 0.3 is 18.2 Å². The molecule has 3 amide bonds. The third kappa shape index (κ3) is 13.6. The first-order valence-electron chi connectivity index (χ1n) is 18.1. The van der Waals surface area contributed by atoms with Crippen molar-refractivity contribution in [3.05, 3.63) is 91.0 Å². The van der Waals surface area contributed by atoms with Crippen LogP contribution in [0.25, 0.3) is 11.2 Å². The third-order valence-electron chi connectivity index (χ3n) is 7.96. The van der Waals surface area contributed by atoms with E-state index in [4.69, 9.17) is 19.9 Å². The van der Waals surface area contributed by atoms with Gasteiger partial charge in [-0.05, 0) is 58.2 Å². The highest BCUT2D eigenvalue weighted by atomic mass is 32.2. The second kappa shape index (κ2) is 20.6. The first-order valence-corrected chi connectivity index (χ1v) is 19.6. The van der Waals surface area contributed by atoms with E-state index in [1.165, 1.54) is 40.3 Å². The van der Waals surface area contributed by atoms with Gasteiger partial charge in [-0.1, -0.05) is 60.7 Å². The number of esters is 1. The monoisotopic (exact) mass is 820 g/mol. The van der Waals surface area contributed by atoms with E-state index in [0.29, 0.717) is 0 Å². The minimum Gasteiger partial charge on any atom is -0.460 e. The number of carbonyl (C=O) groups is 4. The van der Waals surface area contributed by atoms with Gasteiger partial charge in [-0.25, -0.2) is 42.5 Å². The molecule has 310 valence electrons. The van der Waals surface area contributed by atoms with Crippen molar-refractivity contribution in [3.8, 4) is 0 Å². The number of nitrogens with two attached hydrogens (primary N) is 1. The molecule has 2 heterocycles. The standard InChI is InChI=1S/C38H48N10O9S/c1-6-21-55-34(50)29(13-10-18-40-35(39)46-58(53,54)28-16-14-26(2)15-17-28)48(20-19-41-36(51)57-38(3,4)5)30(49)22-47-25-44-31-32(42-24-43-33(31)47)45-37(52)56-23-27-11-8-7-9-12-27/h6-9,11-12,14-17,24-25,29H,1,10,13,18-23H2,2-5H3,(H,41,51)(H3,39,40,46)(H,42,43,45,52)/t29-/m1/s1. The lowest BCUT2D eigenvalue weighted by molar-refractivity contribution is -0.154. The van der Waals surface area contributed by atoms with E-state index in [2.05, 4.69) is 41.9 Å². The van der Waals surface area contributed by atoms with Crippen molar-refractivity contribution in [2.24, 2.45) is 10.7 Å². The number of imidazole rings is 1. The topological polar surface area (TPSA) is 251 Å². The van der Waals surface area contributed by atoms with Crippen LogP contribution in [-0.4, -0.2) is 101 Å². The molecule has 0 aliphatic carbocycles. The number of aliphatic imine (C=N–C) groups is 1. The van der Waals surface area contributed by atoms with E-state index < -0.39 is 45.7 Å². The fourth-order valence-corrected chi connectivity index (χ4v) is 6.25. The molecule has 5 N–H and O–H groups in total. The smallest absolute Gasteiger partial charge is 0.413 e. The number of anilines is 1. The minimum atomic E-state index is -4.00. The maximum absolute atomic E-state index is 14.2. The van der Waals surface area contributed by atoms with Crippen LogP contribution in [0.3, 0.4) is 0 Å². The summed E-state index contributed by atoms with van der Waals surface area (Å²) in [7, 11) is -4.00. The average molecular weight is 821 g/mol. The Kier molecular flexibility index (Phi) is 15.6. The van der Waals surface area contributed by atoms with Gasteiger partial charge in [0, 0.05) is 19.6 Å². The number of benzene rings is 2. The molecule has 4 rings (SSSR count). The molecule has 0 radical (unpaired) electrons. The summed E-state index contributed by atoms with van der Waals surface area (Å²) in [6, 6.07) is 14.1. The fourth-order valence-electron chi connectivity index (χ4n) is 5.30. The van der Waals surface area contributed by atoms with E-state index in [9.17, 15) is 27.6 Å². The SMILES string of the molecule is C=CCOC(=O)[C@@H](CCCN=C(N)NS(=O)(=O)c1ccc(C)cc1)N(CCNC(=O)OC(C)(C)C)C(=O)Cn1cnc2c(NC(=O)OCc3ccccc3)ncnc21. The fraction of sp³-hybridized carbons (Fsp3) is 0.368. The number of fused-ring (bicyclic) bond motifs is 1. The molecular formula is C38H48N10O9S. The molecule has 0 fully saturated rings. The molecule has 2 aromatic carbocycles. The normalized spacial score (nSPS) is 12.2. The van der Waals surface area contributed by atoms with Gasteiger partial charge in [0.2, 0.25) is 11.9 Å². The zero-order valence-corrected chi connectivity index (χ0v) is 33.5. The van der Waals surface area contributed by atoms with Crippen molar-refractivity contribution in [2.75, 3.05) is 31.6 Å². The van der Waals surface area contributed by atoms with Crippen LogP contribution in [0.5, 0.6) is 0 Å². The Bertz CT molecular complexity index is 2190. The lowest BCUT2D eigenvalue weighted by Crippen LogP contribution is -2.50. The van der Waals surface area contributed by atoms with Gasteiger partial charge in [0.1, 0.15) is 37.7 Å². The first-order chi connectivity index (χ1) is 27.6. The van der Waals surface area contributed by atoms with Crippen LogP contribution < -0.4 is 21.1 Å². The Balaban J connectivity index is 1.52. The Labute approximate surface area is 336 Å². The number of carbonyl (C=O) groups excluding carboxylic acids is 4. The van der Waals surface area contributed by atoms with E-state index in [1.54, 1.807) is 45.0 Å². The molecule has 0 aliphatic heterocycles. The maximum Gasteiger partial charge on any atom is 0.413 e. The summed E-state index contributed by atoms with van der Waals surface area (Å²) in [6.45, 7) is 9.70. The highest BCUT2D eigenvalue weighted by molar-refractivity contribution is 7.90. The van der Waals surface area contributed by atoms with Crippen molar-refractivity contribution in [2.45, 2.75) is 70.2 Å². The number of nitrogens with one attached hydrogen (secondary N) is 3. The predicted molar refractivity (Wildman–Crippen MR) is 214 cm³/mol. The summed E-state index contributed by atoms with van der Waals surface area (Å²) < 4.78 is 45.2. The lowest BCUT2D eigenvalue weighted by Gasteiger charge is -2.31. The predicted octanol–water partition coefficient (Wildman–Crippen LogP) is 3.41. The highest BCUT2D eigenvalue weighted by Gasteiger charge is 2.31. The van der Waals surface area contributed by atoms with E-state index in [1.807, 2.05) is 25.1 Å². The van der Waals surface area contributed by atoms with Gasteiger partial charge in [-0.15, -0.1) is 0 Å². The van der Waals surface area contributed by atoms with Crippen molar-refractivity contribution < 1.29 is 41.8 Å². The van der Waals surface area contributed by atoms with Gasteiger partial charge < -0.3 is 34.7 Å². The molecule has 20 heteroatoms. The molecule has 0 spiro atoms. The second-order valence-electron chi connectivity index (χ2n) is 13.7. The molecule has 2 aromatic heterocycles. The van der Waals surface area contributed by atoms with Crippen LogP contribution in [-0.2, 0) is 47.0 Å². The number of rotatable bonds is 18. The number of guanidine groups is 1. The Morgan fingerprint density at radius 1 is 1.02 bits per heavy atom. The van der Waals surface area contributed by atoms with Crippen molar-refractivity contribution in [1.82, 2.24) is 34.5 Å². The molecule has 0 bridgehead atoms. The number of nitrogens with zero attached hydrogens (tertiary/aromatic N) is 6. The lowest BCUT2D eigenvalue weighted by atomic mass is 10.1. The van der Waals surface area contributed by atoms with Crippen LogP contribution in [0, 0.1) is 6.92 Å². The molecule has 0 saturated heterocycles. The summed E-state index contributed by atoms with van der Waals surface area (Å²) in [4.78, 5) is 70.8. The number of aromatic nitrogens is 4. The minimum absolute atomic E-state index is 0.00128. The number of hydrogen-bond donors (Lipinski definition) is 4. The Morgan fingerprint density at radius 3 is 2.43 bits per heavy atom. The highest BCUT2D eigenvalue weighted by Crippen LogP contribution is 2.19. The molecule has 19 nitrogen and oxygen atoms in total. The number of ether oxygens (including phenoxy) is 3. The molecule has 4 aromatic rings. The zero-order chi connectivity index (χ0) is 42.3. The number of aryl methyl sites for hydroxylation is 1. The van der Waals surface area contributed by atoms with Gasteiger partial charge in [0.15, 0.2) is 17.0 Å². The van der Waals surface area contributed by atoms with Crippen molar-refractivity contribution in [1.29, 1.82) is 0 Å². The van der Waals surface area contributed by atoms with Crippen molar-refractivity contribution in [3.63, 3.8) is 0 Å². The molecule has 58 heavy (non-hydrogen) atoms. The summed E-state index contributed by atoms with van der Waals surface area (Å²) >= 11 is 0. The maximum atomic E-state index is 14.2. The van der Waals surface area contributed by atoms with Gasteiger partial charge in [-0.3, -0.25) is 15.1 Å². The summed E-state index contributed by atoms with van der Waals surface area (Å²) in [6.07, 6.45) is 2.52. The molecule has 0 saturated carbocycles. The van der Waals surface area contributed by atoms with E-state index >= 15 is 0 Å². The van der Waals surface area contributed by atoms with Crippen LogP contribution in [0.4, 0.5) is 15.4 Å². The third-order valence-corrected chi connectivity index (χ3v) is 9.33. The van der Waals surface area contributed by atoms with E-state index in [-0.39, 0.29) is 80.1 Å². The van der Waals surface area contributed by atoms with Gasteiger partial charge in [0.25, 0.3) is 10.0 Å². The Morgan fingerprint density at radius 2 is 1.74 bits per heavy atom. The number of alkyl carbamates (subject to hydrolysis) is 1. The van der Waals surface area contributed by atoms with Gasteiger partial charge in [0.05, 0.1) is 11.2 Å². The quantitative estimate of drug-likeness (QED) is 0.0281. The molecular weight excluding hydrogens is 773 g/mol. The van der Waals surface area contributed by atoms with Crippen LogP contribution in [0.1, 0.15) is 44.7 Å². The molecule has 0 aliphatic rings. The molecule has 1 atom stereocenters. The largest absolute Gasteiger partial charge is 0.460 e. The summed E-state index contributed by atoms with van der Waals surface area (Å²) in [5.74, 6) is -1.68. The first kappa shape index (κ1) is 44.1. The number of sulfonamides is 1. The summed E-state index contributed by atoms with van der Waals surface area (Å²) in [5, 5.41) is 5.15. The van der Waals surface area contributed by atoms with Gasteiger partial charge in [-0.2, -0.15) is 0 Å². The zero-order valence-electron chi connectivity index (χ0n) is 32.7. The average Bonchev–Trinajstić information content (AvgIpc) is 3.58. The van der Waals surface area contributed by atoms with Crippen LogP contribution in [0.15, 0.2) is 89.8 Å². The number of hydrogen-bond acceptors (Lipinski definition) is 13. The van der Waals surface area contributed by atoms with Crippen LogP contribution >= 0.6 is 0 Å². The number of amides is 3. The van der Waals surface area contributed by atoms with Crippen molar-refractivity contribution >= 4 is 57.0 Å². The second-order valence-corrected chi connectivity index (χ2v) is 15.4. The molecule has 0 unspecified atom stereocenters. The summed E-state index contributed by atoms with van der Waals surface area (Å²) in [5.41, 5.74) is 7.13. The van der Waals surface area contributed by atoms with E-state index in [0.717, 1.165) is 11.1 Å². The van der Waals surface area contributed by atoms with Crippen LogP contribution in [0.2, 0.25) is 0 Å². The Hall–Kier alpha value is -6.57.